The highest BCUT2D eigenvalue weighted by Crippen LogP contribution is 2.30. The summed E-state index contributed by atoms with van der Waals surface area (Å²) < 4.78 is 15.8. The third-order valence-electron chi connectivity index (χ3n) is 12.6. The summed E-state index contributed by atoms with van der Waals surface area (Å²) in [5, 5.41) is 15.6. The predicted octanol–water partition coefficient (Wildman–Crippen LogP) is 19.7. The van der Waals surface area contributed by atoms with Crippen molar-refractivity contribution >= 4 is 70.4 Å². The number of aliphatic imine (C=N–C) groups is 1. The van der Waals surface area contributed by atoms with Crippen molar-refractivity contribution in [1.29, 1.82) is 0 Å². The number of nitrogens with zero attached hydrogens (tertiary/aromatic N) is 3. The van der Waals surface area contributed by atoms with Gasteiger partial charge in [-0.2, -0.15) is 10.2 Å². The molecule has 1 amide bonds. The number of ketones is 1. The molecule has 2 N–H and O–H groups in total. The van der Waals surface area contributed by atoms with Gasteiger partial charge in [0.25, 0.3) is 0 Å². The number of nitrogens with one attached hydrogen (secondary N) is 2. The van der Waals surface area contributed by atoms with E-state index in [4.69, 9.17) is 35.6 Å². The second kappa shape index (κ2) is 71.5. The van der Waals surface area contributed by atoms with E-state index in [9.17, 15) is 14.4 Å². The van der Waals surface area contributed by atoms with Crippen molar-refractivity contribution in [2.75, 3.05) is 60.3 Å². The quantitative estimate of drug-likeness (QED) is 0.0126. The van der Waals surface area contributed by atoms with Crippen LogP contribution in [-0.2, 0) is 35.0 Å². The first-order chi connectivity index (χ1) is 43.8. The molecule has 0 aliphatic rings. The molecule has 514 valence electrons. The summed E-state index contributed by atoms with van der Waals surface area (Å²) in [5.74, 6) is 0.860. The number of terminal acetylenes is 1. The Hall–Kier alpha value is -5.98. The van der Waals surface area contributed by atoms with Gasteiger partial charge in [-0.1, -0.05) is 199 Å². The van der Waals surface area contributed by atoms with Crippen molar-refractivity contribution < 1.29 is 33.4 Å². The molecule has 0 aliphatic heterocycles. The number of aryl methyl sites for hydroxylation is 3. The molecule has 91 heavy (non-hydrogen) atoms. The standard InChI is InChI=1S/C30H43ClN4O3S.C13H18.C8H18.C7H17NO.C7H6O.C4H6O.C2H4O.2C2H6.C2H2/c1-8-10-20(2)34-35-22(4)27(19-28(36)32-15-18-38-17-9-16-37-7)33-30(25-11-13-26(31)14-12-25)29-21(3)23(5)39-24(29)6;1-4-7-12-9-6-10-13(8-5-2)11(12)3;1-4-6-7-8(3)5-2;1-3-6-9-7-4-5-8-2;8-6-7-4-2-1-3-5-7;1-3-4(2)5;1-2-3;3*1-2/h11-14,27H,8-10,15-19H2,1-7H3,(H,32,36);4,6-7,9-10H,5,8H2,1-3H3;8H,4-7H2,1-3H3;8H,3-7H2,1-2H3;1-6H;3H,1H2,2H3;2H,1H3;2*1-2H3;1-2H/b33-30?,34-20-,35-22+;7-4-;;;;;;;;/t27-;;;;;;;;;/m0........./s1. The van der Waals surface area contributed by atoms with Crippen LogP contribution in [0.5, 0.6) is 0 Å². The number of carbonyl (C=O) groups excluding carboxylic acids is 4. The Balaban J connectivity index is -0.000000280. The van der Waals surface area contributed by atoms with Crippen LogP contribution in [0.1, 0.15) is 228 Å². The number of aldehydes is 2. The van der Waals surface area contributed by atoms with E-state index in [0.29, 0.717) is 37.1 Å². The van der Waals surface area contributed by atoms with Crippen LogP contribution in [0.2, 0.25) is 5.02 Å². The molecule has 0 saturated heterocycles. The molecule has 4 aromatic rings. The molecule has 1 unspecified atom stereocenters. The molecule has 1 heterocycles. The van der Waals surface area contributed by atoms with Gasteiger partial charge in [-0.05, 0) is 154 Å². The Bertz CT molecular complexity index is 2510. The minimum Gasteiger partial charge on any atom is -0.385 e. The molecule has 4 rings (SSSR count). The minimum absolute atomic E-state index is 0.0185. The maximum absolute atomic E-state index is 13.0. The van der Waals surface area contributed by atoms with Crippen LogP contribution in [0.3, 0.4) is 0 Å². The maximum atomic E-state index is 13.0. The highest BCUT2D eigenvalue weighted by atomic mass is 35.5. The molecule has 2 atom stereocenters. The highest BCUT2D eigenvalue weighted by Gasteiger charge is 2.22. The molecule has 0 fully saturated rings. The summed E-state index contributed by atoms with van der Waals surface area (Å²) in [6.07, 6.45) is 28.2. The van der Waals surface area contributed by atoms with Crippen molar-refractivity contribution in [3.63, 3.8) is 0 Å². The van der Waals surface area contributed by atoms with Gasteiger partial charge in [0.05, 0.1) is 30.5 Å². The van der Waals surface area contributed by atoms with Crippen molar-refractivity contribution in [2.24, 2.45) is 21.1 Å². The second-order valence-corrected chi connectivity index (χ2v) is 22.1. The molecule has 12 nitrogen and oxygen atoms in total. The second-order valence-electron chi connectivity index (χ2n) is 20.2. The van der Waals surface area contributed by atoms with E-state index in [2.05, 4.69) is 147 Å². The normalized spacial score (nSPS) is 11.0. The lowest BCUT2D eigenvalue weighted by molar-refractivity contribution is -0.121. The van der Waals surface area contributed by atoms with Crippen LogP contribution in [0, 0.1) is 46.5 Å². The molecule has 0 bridgehead atoms. The van der Waals surface area contributed by atoms with E-state index in [1.165, 1.54) is 90.5 Å². The number of ether oxygens (including phenoxy) is 3. The van der Waals surface area contributed by atoms with Gasteiger partial charge >= 0.3 is 0 Å². The number of amides is 1. The molecule has 0 radical (unpaired) electrons. The summed E-state index contributed by atoms with van der Waals surface area (Å²) in [4.78, 5) is 49.1. The number of halogens is 1. The van der Waals surface area contributed by atoms with Gasteiger partial charge in [-0.3, -0.25) is 19.4 Å². The molecule has 0 spiro atoms. The number of benzene rings is 3. The zero-order valence-electron chi connectivity index (χ0n) is 60.8. The van der Waals surface area contributed by atoms with Gasteiger partial charge in [0, 0.05) is 77.3 Å². The molecule has 3 aromatic carbocycles. The largest absolute Gasteiger partial charge is 0.385 e. The molecular formula is C77H126ClN5O7S. The smallest absolute Gasteiger partial charge is 0.222 e. The molecule has 0 saturated carbocycles. The number of carbonyl (C=O) groups is 4. The number of rotatable bonds is 31. The van der Waals surface area contributed by atoms with Crippen LogP contribution >= 0.6 is 22.9 Å². The summed E-state index contributed by atoms with van der Waals surface area (Å²) >= 11 is 7.96. The van der Waals surface area contributed by atoms with Gasteiger partial charge in [0.2, 0.25) is 5.91 Å². The summed E-state index contributed by atoms with van der Waals surface area (Å²) in [6.45, 7) is 46.9. The van der Waals surface area contributed by atoms with Crippen molar-refractivity contribution in [3.05, 3.63) is 145 Å². The maximum Gasteiger partial charge on any atom is 0.222 e. The zero-order valence-corrected chi connectivity index (χ0v) is 62.3. The average molecular weight is 1300 g/mol. The van der Waals surface area contributed by atoms with Gasteiger partial charge in [-0.25, -0.2) is 0 Å². The number of unbranched alkanes of at least 4 members (excludes halogenated alkanes) is 1. The van der Waals surface area contributed by atoms with Crippen LogP contribution in [0.15, 0.2) is 107 Å². The molecule has 14 heteroatoms. The van der Waals surface area contributed by atoms with E-state index < -0.39 is 6.04 Å². The van der Waals surface area contributed by atoms with E-state index in [1.807, 2.05) is 91.1 Å². The highest BCUT2D eigenvalue weighted by molar-refractivity contribution is 7.12. The van der Waals surface area contributed by atoms with Crippen molar-refractivity contribution in [2.45, 2.75) is 215 Å². The van der Waals surface area contributed by atoms with Gasteiger partial charge < -0.3 is 29.6 Å². The van der Waals surface area contributed by atoms with Crippen molar-refractivity contribution in [1.82, 2.24) is 10.6 Å². The first-order valence-electron chi connectivity index (χ1n) is 32.9. The lowest BCUT2D eigenvalue weighted by atomic mass is 9.97. The van der Waals surface area contributed by atoms with E-state index in [0.717, 1.165) is 98.5 Å². The molecule has 1 aromatic heterocycles. The zero-order chi connectivity index (χ0) is 70.6. The Morgan fingerprint density at radius 3 is 1.79 bits per heavy atom. The fraction of sp³-hybridized carbons (Fsp3) is 0.545. The predicted molar refractivity (Wildman–Crippen MR) is 401 cm³/mol. The van der Waals surface area contributed by atoms with Crippen LogP contribution < -0.4 is 10.6 Å². The summed E-state index contributed by atoms with van der Waals surface area (Å²) in [7, 11) is 3.63. The number of hydrogen-bond donors (Lipinski definition) is 2. The SMILES string of the molecule is C#C.C/C=C\c1cccc(CCC)c1C.C=CC(C)=O.CC.CC.CC=O.CCC/C(C)=N\N=C(/C)[C@H](CC(=O)NCCOCCCOC)N=C(c1ccc(Cl)cc1)c1c(C)sc(C)c1C.CCCCC(C)CC.CCCOCCCNC.O=Cc1ccccc1. The monoisotopic (exact) mass is 1300 g/mol. The van der Waals surface area contributed by atoms with Crippen molar-refractivity contribution in [3.8, 4) is 12.8 Å². The fourth-order valence-electron chi connectivity index (χ4n) is 7.53. The average Bonchev–Trinajstić information content (AvgIpc) is 2.21. The van der Waals surface area contributed by atoms with Crippen LogP contribution in [-0.4, -0.2) is 108 Å². The van der Waals surface area contributed by atoms with E-state index in [1.54, 1.807) is 30.6 Å². The number of thiophene rings is 1. The Kier molecular flexibility index (Phi) is 75.5. The first kappa shape index (κ1) is 96.1. The number of hydrogen-bond acceptors (Lipinski definition) is 12. The van der Waals surface area contributed by atoms with Gasteiger partial charge in [-0.15, -0.1) is 24.2 Å². The lowest BCUT2D eigenvalue weighted by Gasteiger charge is -2.17. The first-order valence-corrected chi connectivity index (χ1v) is 34.1. The van der Waals surface area contributed by atoms with E-state index in [-0.39, 0.29) is 18.1 Å². The molecule has 0 aliphatic carbocycles. The van der Waals surface area contributed by atoms with Gasteiger partial charge in [0.15, 0.2) is 5.78 Å². The van der Waals surface area contributed by atoms with E-state index >= 15 is 0 Å². The number of methoxy groups -OCH3 is 1. The summed E-state index contributed by atoms with van der Waals surface area (Å²) in [6, 6.07) is 22.8. The fourth-order valence-corrected chi connectivity index (χ4v) is 8.72. The number of allylic oxidation sites excluding steroid dienone is 2. The third kappa shape index (κ3) is 55.4. The summed E-state index contributed by atoms with van der Waals surface area (Å²) in [5.41, 5.74) is 10.7. The Morgan fingerprint density at radius 1 is 0.725 bits per heavy atom. The lowest BCUT2D eigenvalue weighted by Crippen LogP contribution is -2.32. The topological polar surface area (TPSA) is 157 Å². The third-order valence-corrected chi connectivity index (χ3v) is 14.0. The Labute approximate surface area is 565 Å². The van der Waals surface area contributed by atoms with Crippen LogP contribution in [0.4, 0.5) is 0 Å². The molecular weight excluding hydrogens is 1170 g/mol. The Morgan fingerprint density at radius 2 is 1.32 bits per heavy atom. The van der Waals surface area contributed by atoms with Crippen LogP contribution in [0.25, 0.3) is 6.08 Å². The van der Waals surface area contributed by atoms with Gasteiger partial charge in [0.1, 0.15) is 12.6 Å². The minimum atomic E-state index is -0.490.